The highest BCUT2D eigenvalue weighted by molar-refractivity contribution is 6.22. The Balaban J connectivity index is 2.21. The van der Waals surface area contributed by atoms with Crippen molar-refractivity contribution in [1.29, 1.82) is 0 Å². The zero-order valence-electron chi connectivity index (χ0n) is 11.4. The van der Waals surface area contributed by atoms with E-state index < -0.39 is 0 Å². The van der Waals surface area contributed by atoms with Gasteiger partial charge in [0.15, 0.2) is 11.6 Å². The Labute approximate surface area is 108 Å². The molecule has 0 radical (unpaired) electrons. The summed E-state index contributed by atoms with van der Waals surface area (Å²) in [5, 5.41) is 6.37. The lowest BCUT2D eigenvalue weighted by Gasteiger charge is -2.30. The van der Waals surface area contributed by atoms with Gasteiger partial charge in [-0.15, -0.1) is 0 Å². The SMILES string of the molecule is CC1CCNC(=C2C(=O)CC(C(C)C)CC2=O)N1. The van der Waals surface area contributed by atoms with Crippen molar-refractivity contribution in [2.75, 3.05) is 6.54 Å². The molecule has 1 heterocycles. The lowest BCUT2D eigenvalue weighted by molar-refractivity contribution is -0.126. The van der Waals surface area contributed by atoms with Gasteiger partial charge in [-0.2, -0.15) is 0 Å². The van der Waals surface area contributed by atoms with Gasteiger partial charge in [-0.3, -0.25) is 9.59 Å². The molecule has 1 saturated carbocycles. The van der Waals surface area contributed by atoms with Crippen molar-refractivity contribution in [3.05, 3.63) is 11.4 Å². The second-order valence-electron chi connectivity index (χ2n) is 5.77. The summed E-state index contributed by atoms with van der Waals surface area (Å²) in [5.74, 6) is 1.24. The minimum absolute atomic E-state index is 0.00551. The van der Waals surface area contributed by atoms with E-state index in [0.29, 0.717) is 36.2 Å². The molecule has 4 nitrogen and oxygen atoms in total. The monoisotopic (exact) mass is 250 g/mol. The van der Waals surface area contributed by atoms with E-state index in [2.05, 4.69) is 31.4 Å². The van der Waals surface area contributed by atoms with Crippen LogP contribution in [0.15, 0.2) is 11.4 Å². The molecule has 100 valence electrons. The maximum Gasteiger partial charge on any atom is 0.170 e. The molecule has 18 heavy (non-hydrogen) atoms. The third kappa shape index (κ3) is 2.57. The Morgan fingerprint density at radius 3 is 2.28 bits per heavy atom. The van der Waals surface area contributed by atoms with Crippen molar-refractivity contribution in [3.8, 4) is 0 Å². The molecule has 2 fully saturated rings. The third-order valence-corrected chi connectivity index (χ3v) is 3.92. The normalized spacial score (nSPS) is 29.3. The second-order valence-corrected chi connectivity index (χ2v) is 5.77. The van der Waals surface area contributed by atoms with E-state index in [0.717, 1.165) is 13.0 Å². The minimum atomic E-state index is -0.00551. The third-order valence-electron chi connectivity index (χ3n) is 3.92. The van der Waals surface area contributed by atoms with Gasteiger partial charge in [0.05, 0.1) is 0 Å². The van der Waals surface area contributed by atoms with Crippen LogP contribution in [-0.2, 0) is 9.59 Å². The molecule has 2 N–H and O–H groups in total. The van der Waals surface area contributed by atoms with E-state index in [-0.39, 0.29) is 17.5 Å². The summed E-state index contributed by atoms with van der Waals surface area (Å²) in [4.78, 5) is 24.3. The van der Waals surface area contributed by atoms with Gasteiger partial charge in [-0.1, -0.05) is 13.8 Å². The van der Waals surface area contributed by atoms with Crippen LogP contribution in [0.25, 0.3) is 0 Å². The van der Waals surface area contributed by atoms with Gasteiger partial charge >= 0.3 is 0 Å². The summed E-state index contributed by atoms with van der Waals surface area (Å²) >= 11 is 0. The zero-order chi connectivity index (χ0) is 13.3. The lowest BCUT2D eigenvalue weighted by atomic mass is 9.78. The predicted molar refractivity (Wildman–Crippen MR) is 69.8 cm³/mol. The summed E-state index contributed by atoms with van der Waals surface area (Å²) in [6, 6.07) is 0.317. The molecule has 0 bridgehead atoms. The molecular weight excluding hydrogens is 228 g/mol. The number of rotatable bonds is 1. The number of hydrogen-bond donors (Lipinski definition) is 2. The molecule has 0 amide bonds. The number of hydrogen-bond acceptors (Lipinski definition) is 4. The molecule has 4 heteroatoms. The van der Waals surface area contributed by atoms with Crippen molar-refractivity contribution < 1.29 is 9.59 Å². The molecule has 1 unspecified atom stereocenters. The molecule has 0 aromatic heterocycles. The van der Waals surface area contributed by atoms with Gasteiger partial charge < -0.3 is 10.6 Å². The first-order valence-electron chi connectivity index (χ1n) is 6.80. The van der Waals surface area contributed by atoms with E-state index in [1.165, 1.54) is 0 Å². The quantitative estimate of drug-likeness (QED) is 0.545. The number of carbonyl (C=O) groups is 2. The molecule has 0 spiro atoms. The number of nitrogens with one attached hydrogen (secondary N) is 2. The van der Waals surface area contributed by atoms with Crippen LogP contribution in [0.5, 0.6) is 0 Å². The molecule has 1 aliphatic heterocycles. The highest BCUT2D eigenvalue weighted by Crippen LogP contribution is 2.29. The fraction of sp³-hybridized carbons (Fsp3) is 0.714. The average molecular weight is 250 g/mol. The molecule has 0 aromatic rings. The maximum absolute atomic E-state index is 12.2. The lowest BCUT2D eigenvalue weighted by Crippen LogP contribution is -2.45. The van der Waals surface area contributed by atoms with Gasteiger partial charge in [0.1, 0.15) is 11.4 Å². The minimum Gasteiger partial charge on any atom is -0.371 e. The summed E-state index contributed by atoms with van der Waals surface area (Å²) in [7, 11) is 0. The molecular formula is C14H22N2O2. The fourth-order valence-corrected chi connectivity index (χ4v) is 2.60. The number of ketones is 2. The summed E-state index contributed by atoms with van der Waals surface area (Å²) < 4.78 is 0. The van der Waals surface area contributed by atoms with E-state index in [9.17, 15) is 9.59 Å². The molecule has 2 aliphatic rings. The van der Waals surface area contributed by atoms with Crippen molar-refractivity contribution in [2.24, 2.45) is 11.8 Å². The Hall–Kier alpha value is -1.32. The number of carbonyl (C=O) groups excluding carboxylic acids is 2. The Morgan fingerprint density at radius 1 is 1.17 bits per heavy atom. The van der Waals surface area contributed by atoms with Crippen LogP contribution in [0.1, 0.15) is 40.0 Å². The molecule has 1 saturated heterocycles. The topological polar surface area (TPSA) is 58.2 Å². The van der Waals surface area contributed by atoms with Crippen LogP contribution < -0.4 is 10.6 Å². The first-order chi connectivity index (χ1) is 8.49. The predicted octanol–water partition coefficient (Wildman–Crippen LogP) is 1.37. The number of allylic oxidation sites excluding steroid dienone is 1. The first kappa shape index (κ1) is 13.1. The Morgan fingerprint density at radius 2 is 1.78 bits per heavy atom. The van der Waals surface area contributed by atoms with Gasteiger partial charge in [0, 0.05) is 25.4 Å². The van der Waals surface area contributed by atoms with Crippen molar-refractivity contribution >= 4 is 11.6 Å². The van der Waals surface area contributed by atoms with Gasteiger partial charge in [0.2, 0.25) is 0 Å². The zero-order valence-corrected chi connectivity index (χ0v) is 11.4. The van der Waals surface area contributed by atoms with Crippen LogP contribution in [0.2, 0.25) is 0 Å². The van der Waals surface area contributed by atoms with Gasteiger partial charge in [0.25, 0.3) is 0 Å². The van der Waals surface area contributed by atoms with E-state index in [1.54, 1.807) is 0 Å². The molecule has 2 rings (SSSR count). The highest BCUT2D eigenvalue weighted by Gasteiger charge is 2.35. The van der Waals surface area contributed by atoms with Gasteiger partial charge in [-0.25, -0.2) is 0 Å². The molecule has 0 aromatic carbocycles. The van der Waals surface area contributed by atoms with Crippen molar-refractivity contribution in [1.82, 2.24) is 10.6 Å². The second kappa shape index (κ2) is 5.12. The van der Waals surface area contributed by atoms with Crippen LogP contribution in [0, 0.1) is 11.8 Å². The van der Waals surface area contributed by atoms with Crippen molar-refractivity contribution in [3.63, 3.8) is 0 Å². The molecule has 1 aliphatic carbocycles. The molecule has 1 atom stereocenters. The summed E-state index contributed by atoms with van der Waals surface area (Å²) in [6.45, 7) is 7.03. The summed E-state index contributed by atoms with van der Waals surface area (Å²) in [6.07, 6.45) is 2.01. The van der Waals surface area contributed by atoms with E-state index in [4.69, 9.17) is 0 Å². The largest absolute Gasteiger partial charge is 0.371 e. The van der Waals surface area contributed by atoms with Crippen molar-refractivity contribution in [2.45, 2.75) is 46.1 Å². The smallest absolute Gasteiger partial charge is 0.170 e. The highest BCUT2D eigenvalue weighted by atomic mass is 16.2. The van der Waals surface area contributed by atoms with E-state index in [1.807, 2.05) is 0 Å². The average Bonchev–Trinajstić information content (AvgIpc) is 2.27. The standard InChI is InChI=1S/C14H22N2O2/c1-8(2)10-6-11(17)13(12(18)7-10)14-15-5-4-9(3)16-14/h8-10,15-16H,4-7H2,1-3H3. The van der Waals surface area contributed by atoms with Crippen LogP contribution >= 0.6 is 0 Å². The first-order valence-corrected chi connectivity index (χ1v) is 6.80. The van der Waals surface area contributed by atoms with E-state index >= 15 is 0 Å². The maximum atomic E-state index is 12.2. The Bertz CT molecular complexity index is 379. The van der Waals surface area contributed by atoms with Crippen LogP contribution in [0.3, 0.4) is 0 Å². The van der Waals surface area contributed by atoms with Crippen LogP contribution in [-0.4, -0.2) is 24.2 Å². The number of Topliss-reactive ketones (excluding diaryl/α,β-unsaturated/α-hetero) is 2. The fourth-order valence-electron chi connectivity index (χ4n) is 2.60. The summed E-state index contributed by atoms with van der Waals surface area (Å²) in [5.41, 5.74) is 0.374. The van der Waals surface area contributed by atoms with Gasteiger partial charge in [-0.05, 0) is 25.2 Å². The Kier molecular flexibility index (Phi) is 3.73. The van der Waals surface area contributed by atoms with Crippen LogP contribution in [0.4, 0.5) is 0 Å².